The van der Waals surface area contributed by atoms with Crippen molar-refractivity contribution in [1.82, 2.24) is 4.31 Å². The summed E-state index contributed by atoms with van der Waals surface area (Å²) in [6.45, 7) is 0. The Morgan fingerprint density at radius 2 is 1.39 bits per heavy atom. The average Bonchev–Trinajstić information content (AvgIpc) is 2.30. The topological polar surface area (TPSA) is 60.4 Å². The van der Waals surface area contributed by atoms with E-state index in [0.717, 1.165) is 25.7 Å². The van der Waals surface area contributed by atoms with Crippen molar-refractivity contribution in [3.63, 3.8) is 0 Å². The van der Waals surface area contributed by atoms with Gasteiger partial charge < -0.3 is 4.55 Å². The molecule has 0 aromatic heterocycles. The number of allylic oxidation sites excluding steroid dienone is 2. The van der Waals surface area contributed by atoms with Crippen molar-refractivity contribution in [3.05, 3.63) is 24.3 Å². The molecule has 6 heteroatoms. The van der Waals surface area contributed by atoms with Gasteiger partial charge in [-0.15, -0.1) is 0 Å². The Hall–Kier alpha value is -0.0526. The molecule has 2 aliphatic carbocycles. The monoisotopic (exact) mass is 263 g/mol. The first kappa shape index (κ1) is 16.0. The normalized spacial score (nSPS) is 28.1. The third-order valence-corrected chi connectivity index (χ3v) is 4.57. The standard InChI is InChI=1S/C12H19NO3S.Li/c14-17(15,16)13(11-7-3-1-4-8-11)12-9-5-2-6-10-12;/h1-3,5,11-12H,4,6-10H2,(H,14,15,16);/q;+1/p-1. The van der Waals surface area contributed by atoms with E-state index in [1.54, 1.807) is 0 Å². The maximum Gasteiger partial charge on any atom is 1.00 e. The molecule has 0 saturated heterocycles. The van der Waals surface area contributed by atoms with Crippen LogP contribution in [0.4, 0.5) is 0 Å². The Morgan fingerprint density at radius 3 is 1.67 bits per heavy atom. The molecule has 0 aromatic carbocycles. The van der Waals surface area contributed by atoms with Crippen molar-refractivity contribution in [2.24, 2.45) is 0 Å². The molecule has 0 heterocycles. The number of hydrogen-bond donors (Lipinski definition) is 0. The summed E-state index contributed by atoms with van der Waals surface area (Å²) in [4.78, 5) is 0. The predicted octanol–water partition coefficient (Wildman–Crippen LogP) is -1.03. The van der Waals surface area contributed by atoms with Crippen molar-refractivity contribution in [3.8, 4) is 0 Å². The molecule has 2 rings (SSSR count). The first-order valence-corrected chi connectivity index (χ1v) is 7.50. The van der Waals surface area contributed by atoms with Crippen LogP contribution in [0.25, 0.3) is 0 Å². The summed E-state index contributed by atoms with van der Waals surface area (Å²) in [6, 6.07) is -0.280. The quantitative estimate of drug-likeness (QED) is 0.372. The first-order valence-electron chi connectivity index (χ1n) is 6.13. The summed E-state index contributed by atoms with van der Waals surface area (Å²) >= 11 is 0. The van der Waals surface area contributed by atoms with Gasteiger partial charge in [-0.1, -0.05) is 24.3 Å². The number of rotatable bonds is 3. The average molecular weight is 263 g/mol. The van der Waals surface area contributed by atoms with Crippen molar-refractivity contribution < 1.29 is 31.8 Å². The van der Waals surface area contributed by atoms with Crippen molar-refractivity contribution in [2.45, 2.75) is 50.6 Å². The van der Waals surface area contributed by atoms with Gasteiger partial charge in [-0.05, 0) is 38.5 Å². The van der Waals surface area contributed by atoms with Gasteiger partial charge in [0.1, 0.15) is 0 Å². The fourth-order valence-corrected chi connectivity index (χ4v) is 3.79. The minimum atomic E-state index is -4.35. The Balaban J connectivity index is 0.00000162. The molecule has 96 valence electrons. The van der Waals surface area contributed by atoms with Gasteiger partial charge in [0.05, 0.1) is 0 Å². The van der Waals surface area contributed by atoms with E-state index in [1.807, 2.05) is 24.3 Å². The Bertz CT molecular complexity index is 395. The van der Waals surface area contributed by atoms with E-state index in [-0.39, 0.29) is 30.9 Å². The van der Waals surface area contributed by atoms with Gasteiger partial charge >= 0.3 is 18.9 Å². The van der Waals surface area contributed by atoms with Gasteiger partial charge in [-0.2, -0.15) is 0 Å². The molecule has 0 N–H and O–H groups in total. The summed E-state index contributed by atoms with van der Waals surface area (Å²) in [7, 11) is -4.35. The molecular formula is C12H18LiNO3S. The molecule has 4 nitrogen and oxygen atoms in total. The Labute approximate surface area is 121 Å². The Morgan fingerprint density at radius 1 is 0.944 bits per heavy atom. The second-order valence-corrected chi connectivity index (χ2v) is 5.94. The minimum absolute atomic E-state index is 0. The molecular weight excluding hydrogens is 245 g/mol. The molecule has 18 heavy (non-hydrogen) atoms. The molecule has 2 atom stereocenters. The summed E-state index contributed by atoms with van der Waals surface area (Å²) in [5.74, 6) is 0. The van der Waals surface area contributed by atoms with Crippen molar-refractivity contribution >= 4 is 10.3 Å². The maximum atomic E-state index is 11.5. The Kier molecular flexibility index (Phi) is 6.16. The van der Waals surface area contributed by atoms with E-state index < -0.39 is 10.3 Å². The van der Waals surface area contributed by atoms with Crippen LogP contribution in [0.3, 0.4) is 0 Å². The third-order valence-electron chi connectivity index (χ3n) is 3.46. The van der Waals surface area contributed by atoms with Crippen LogP contribution in [-0.2, 0) is 10.3 Å². The fourth-order valence-electron chi connectivity index (χ4n) is 2.68. The summed E-state index contributed by atoms with van der Waals surface area (Å²) in [5.41, 5.74) is 0. The molecule has 2 aliphatic rings. The second kappa shape index (κ2) is 6.93. The van der Waals surface area contributed by atoms with E-state index in [9.17, 15) is 13.0 Å². The van der Waals surface area contributed by atoms with Gasteiger partial charge in [0.2, 0.25) is 0 Å². The molecule has 0 saturated carbocycles. The maximum absolute atomic E-state index is 11.5. The molecule has 2 unspecified atom stereocenters. The fraction of sp³-hybridized carbons (Fsp3) is 0.667. The molecule has 0 fully saturated rings. The zero-order valence-corrected chi connectivity index (χ0v) is 11.6. The van der Waals surface area contributed by atoms with Crippen molar-refractivity contribution in [1.29, 1.82) is 0 Å². The van der Waals surface area contributed by atoms with E-state index >= 15 is 0 Å². The predicted molar refractivity (Wildman–Crippen MR) is 65.1 cm³/mol. The van der Waals surface area contributed by atoms with Gasteiger partial charge in [-0.3, -0.25) is 0 Å². The van der Waals surface area contributed by atoms with Crippen LogP contribution < -0.4 is 18.9 Å². The molecule has 0 aliphatic heterocycles. The van der Waals surface area contributed by atoms with Gasteiger partial charge in [-0.25, -0.2) is 12.7 Å². The van der Waals surface area contributed by atoms with E-state index in [1.165, 1.54) is 4.31 Å². The SMILES string of the molecule is O=S(=O)([O-])N(C1CC=CCC1)C1CC=CCC1.[Li+]. The van der Waals surface area contributed by atoms with Gasteiger partial charge in [0.25, 0.3) is 0 Å². The van der Waals surface area contributed by atoms with E-state index in [0.29, 0.717) is 12.8 Å². The summed E-state index contributed by atoms with van der Waals surface area (Å²) in [6.07, 6.45) is 12.6. The van der Waals surface area contributed by atoms with E-state index in [4.69, 9.17) is 0 Å². The van der Waals surface area contributed by atoms with Crippen LogP contribution in [0.5, 0.6) is 0 Å². The third kappa shape index (κ3) is 3.97. The molecule has 0 spiro atoms. The minimum Gasteiger partial charge on any atom is -0.735 e. The first-order chi connectivity index (χ1) is 8.09. The smallest absolute Gasteiger partial charge is 0.735 e. The van der Waals surface area contributed by atoms with Crippen LogP contribution in [0.1, 0.15) is 38.5 Å². The molecule has 0 amide bonds. The zero-order valence-electron chi connectivity index (χ0n) is 10.8. The van der Waals surface area contributed by atoms with Crippen molar-refractivity contribution in [2.75, 3.05) is 0 Å². The van der Waals surface area contributed by atoms with Gasteiger partial charge in [0.15, 0.2) is 10.3 Å². The molecule has 0 radical (unpaired) electrons. The summed E-state index contributed by atoms with van der Waals surface area (Å²) in [5, 5.41) is 0. The molecule has 0 aromatic rings. The largest absolute Gasteiger partial charge is 1.00 e. The second-order valence-electron chi connectivity index (χ2n) is 4.66. The van der Waals surface area contributed by atoms with Crippen LogP contribution in [0, 0.1) is 0 Å². The number of hydrogen-bond acceptors (Lipinski definition) is 3. The van der Waals surface area contributed by atoms with Gasteiger partial charge in [0, 0.05) is 12.1 Å². The number of nitrogens with zero attached hydrogens (tertiary/aromatic N) is 1. The summed E-state index contributed by atoms with van der Waals surface area (Å²) < 4.78 is 35.6. The molecule has 0 bridgehead atoms. The van der Waals surface area contributed by atoms with Crippen LogP contribution in [-0.4, -0.2) is 29.4 Å². The zero-order chi connectivity index (χ0) is 12.3. The van der Waals surface area contributed by atoms with Crippen LogP contribution in [0.15, 0.2) is 24.3 Å². The van der Waals surface area contributed by atoms with Crippen LogP contribution >= 0.6 is 0 Å². The van der Waals surface area contributed by atoms with Crippen LogP contribution in [0.2, 0.25) is 0 Å². The van der Waals surface area contributed by atoms with E-state index in [2.05, 4.69) is 0 Å².